The second-order valence-corrected chi connectivity index (χ2v) is 4.06. The smallest absolute Gasteiger partial charge is 0.193 e. The average molecular weight is 208 g/mol. The van der Waals surface area contributed by atoms with Crippen molar-refractivity contribution < 1.29 is 4.79 Å². The zero-order chi connectivity index (χ0) is 11.5. The predicted octanol–water partition coefficient (Wildman–Crippen LogP) is 1.48. The van der Waals surface area contributed by atoms with Gasteiger partial charge < -0.3 is 0 Å². The molecule has 0 unspecified atom stereocenters. The lowest BCUT2D eigenvalue weighted by atomic mass is 9.93. The molecule has 0 spiro atoms. The Morgan fingerprint density at radius 1 is 0.875 bits per heavy atom. The molecular formula is C14H13BO. The molecule has 0 aliphatic carbocycles. The summed E-state index contributed by atoms with van der Waals surface area (Å²) in [5.41, 5.74) is 3.82. The van der Waals surface area contributed by atoms with Crippen molar-refractivity contribution in [3.8, 4) is 0 Å². The van der Waals surface area contributed by atoms with Crippen LogP contribution in [-0.4, -0.2) is 13.6 Å². The van der Waals surface area contributed by atoms with Crippen molar-refractivity contribution in [2.45, 2.75) is 6.92 Å². The highest BCUT2D eigenvalue weighted by molar-refractivity contribution is 6.32. The second-order valence-electron chi connectivity index (χ2n) is 4.06. The van der Waals surface area contributed by atoms with Gasteiger partial charge in [-0.3, -0.25) is 4.79 Å². The fraction of sp³-hybridized carbons (Fsp3) is 0.0714. The zero-order valence-electron chi connectivity index (χ0n) is 9.53. The van der Waals surface area contributed by atoms with Crippen molar-refractivity contribution in [3.63, 3.8) is 0 Å². The number of carbonyl (C=O) groups is 1. The minimum atomic E-state index is 0.0833. The molecule has 0 fully saturated rings. The Morgan fingerprint density at radius 3 is 1.81 bits per heavy atom. The van der Waals surface area contributed by atoms with Crippen LogP contribution < -0.4 is 5.46 Å². The van der Waals surface area contributed by atoms with Crippen molar-refractivity contribution >= 4 is 19.1 Å². The first-order valence-electron chi connectivity index (χ1n) is 5.35. The second kappa shape index (κ2) is 4.36. The molecular weight excluding hydrogens is 195 g/mol. The van der Waals surface area contributed by atoms with Gasteiger partial charge in [0.05, 0.1) is 0 Å². The summed E-state index contributed by atoms with van der Waals surface area (Å²) in [7, 11) is 2.01. The minimum absolute atomic E-state index is 0.0833. The summed E-state index contributed by atoms with van der Waals surface area (Å²) in [6.45, 7) is 2.01. The third-order valence-corrected chi connectivity index (χ3v) is 2.63. The van der Waals surface area contributed by atoms with E-state index >= 15 is 0 Å². The van der Waals surface area contributed by atoms with Gasteiger partial charge in [-0.15, -0.1) is 0 Å². The van der Waals surface area contributed by atoms with Gasteiger partial charge in [-0.1, -0.05) is 59.6 Å². The Balaban J connectivity index is 2.32. The fourth-order valence-electron chi connectivity index (χ4n) is 1.58. The van der Waals surface area contributed by atoms with Gasteiger partial charge in [-0.25, -0.2) is 0 Å². The van der Waals surface area contributed by atoms with Crippen molar-refractivity contribution in [1.82, 2.24) is 0 Å². The Hall–Kier alpha value is -1.83. The average Bonchev–Trinajstić information content (AvgIpc) is 2.30. The van der Waals surface area contributed by atoms with Crippen LogP contribution in [0.2, 0.25) is 0 Å². The van der Waals surface area contributed by atoms with Crippen LogP contribution in [0.5, 0.6) is 0 Å². The minimum Gasteiger partial charge on any atom is -0.289 e. The SMILES string of the molecule is Bc1ccc(C(=O)c2ccc(C)cc2)cc1. The van der Waals surface area contributed by atoms with E-state index in [4.69, 9.17) is 0 Å². The molecule has 0 aliphatic rings. The number of aryl methyl sites for hydroxylation is 1. The first-order valence-corrected chi connectivity index (χ1v) is 5.35. The largest absolute Gasteiger partial charge is 0.289 e. The van der Waals surface area contributed by atoms with Crippen LogP contribution >= 0.6 is 0 Å². The van der Waals surface area contributed by atoms with Gasteiger partial charge in [0.1, 0.15) is 7.85 Å². The van der Waals surface area contributed by atoms with Crippen LogP contribution in [0.4, 0.5) is 0 Å². The summed E-state index contributed by atoms with van der Waals surface area (Å²) in [4.78, 5) is 12.1. The monoisotopic (exact) mass is 208 g/mol. The van der Waals surface area contributed by atoms with E-state index in [1.54, 1.807) is 0 Å². The summed E-state index contributed by atoms with van der Waals surface area (Å²) >= 11 is 0. The van der Waals surface area contributed by atoms with E-state index in [9.17, 15) is 4.79 Å². The molecule has 78 valence electrons. The summed E-state index contributed by atoms with van der Waals surface area (Å²) in [5.74, 6) is 0.0833. The molecule has 2 aromatic carbocycles. The summed E-state index contributed by atoms with van der Waals surface area (Å²) in [5, 5.41) is 0. The number of ketones is 1. The lowest BCUT2D eigenvalue weighted by Crippen LogP contribution is -2.05. The van der Waals surface area contributed by atoms with E-state index in [2.05, 4.69) is 0 Å². The van der Waals surface area contributed by atoms with Gasteiger partial charge in [-0.2, -0.15) is 0 Å². The summed E-state index contributed by atoms with van der Waals surface area (Å²) in [6, 6.07) is 15.3. The molecule has 0 amide bonds. The molecule has 2 aromatic rings. The number of hydrogen-bond donors (Lipinski definition) is 0. The molecule has 0 aromatic heterocycles. The van der Waals surface area contributed by atoms with Gasteiger partial charge in [0, 0.05) is 11.1 Å². The molecule has 0 radical (unpaired) electrons. The van der Waals surface area contributed by atoms with E-state index in [0.29, 0.717) is 0 Å². The normalized spacial score (nSPS) is 10.1. The molecule has 0 saturated heterocycles. The van der Waals surface area contributed by atoms with E-state index in [1.165, 1.54) is 11.0 Å². The molecule has 0 heterocycles. The van der Waals surface area contributed by atoms with E-state index in [0.717, 1.165) is 11.1 Å². The highest BCUT2D eigenvalue weighted by Crippen LogP contribution is 2.09. The topological polar surface area (TPSA) is 17.1 Å². The van der Waals surface area contributed by atoms with E-state index in [-0.39, 0.29) is 5.78 Å². The third-order valence-electron chi connectivity index (χ3n) is 2.63. The van der Waals surface area contributed by atoms with Gasteiger partial charge in [-0.05, 0) is 6.92 Å². The fourth-order valence-corrected chi connectivity index (χ4v) is 1.58. The van der Waals surface area contributed by atoms with Crippen LogP contribution in [0.15, 0.2) is 48.5 Å². The van der Waals surface area contributed by atoms with Gasteiger partial charge in [0.25, 0.3) is 0 Å². The van der Waals surface area contributed by atoms with Gasteiger partial charge in [0.15, 0.2) is 5.78 Å². The van der Waals surface area contributed by atoms with Crippen LogP contribution in [0.1, 0.15) is 21.5 Å². The molecule has 16 heavy (non-hydrogen) atoms. The van der Waals surface area contributed by atoms with Crippen LogP contribution in [0.3, 0.4) is 0 Å². The van der Waals surface area contributed by atoms with Crippen molar-refractivity contribution in [2.75, 3.05) is 0 Å². The van der Waals surface area contributed by atoms with E-state index < -0.39 is 0 Å². The zero-order valence-corrected chi connectivity index (χ0v) is 9.53. The first-order chi connectivity index (χ1) is 7.66. The molecule has 0 aliphatic heterocycles. The van der Waals surface area contributed by atoms with Gasteiger partial charge >= 0.3 is 0 Å². The van der Waals surface area contributed by atoms with Crippen molar-refractivity contribution in [2.24, 2.45) is 0 Å². The highest BCUT2D eigenvalue weighted by Gasteiger charge is 2.07. The standard InChI is InChI=1S/C14H13BO/c1-10-2-4-11(5-3-10)14(16)12-6-8-13(15)9-7-12/h2-9H,15H2,1H3. The quantitative estimate of drug-likeness (QED) is 0.539. The number of rotatable bonds is 2. The Kier molecular flexibility index (Phi) is 2.91. The number of hydrogen-bond acceptors (Lipinski definition) is 1. The molecule has 0 saturated carbocycles. The Morgan fingerprint density at radius 2 is 1.31 bits per heavy atom. The predicted molar refractivity (Wildman–Crippen MR) is 69.2 cm³/mol. The molecule has 2 heteroatoms. The maximum absolute atomic E-state index is 12.1. The molecule has 2 rings (SSSR count). The lowest BCUT2D eigenvalue weighted by Gasteiger charge is -2.02. The molecule has 0 N–H and O–H groups in total. The molecule has 0 atom stereocenters. The molecule has 0 bridgehead atoms. The maximum Gasteiger partial charge on any atom is 0.193 e. The third kappa shape index (κ3) is 2.22. The van der Waals surface area contributed by atoms with Crippen molar-refractivity contribution in [3.05, 3.63) is 65.2 Å². The first kappa shape index (κ1) is 10.7. The Labute approximate surface area is 96.5 Å². The van der Waals surface area contributed by atoms with Crippen molar-refractivity contribution in [1.29, 1.82) is 0 Å². The van der Waals surface area contributed by atoms with Gasteiger partial charge in [0.2, 0.25) is 0 Å². The highest BCUT2D eigenvalue weighted by atomic mass is 16.1. The Bertz CT molecular complexity index is 450. The van der Waals surface area contributed by atoms with Crippen LogP contribution in [0, 0.1) is 6.92 Å². The maximum atomic E-state index is 12.1. The van der Waals surface area contributed by atoms with Crippen LogP contribution in [-0.2, 0) is 0 Å². The number of benzene rings is 2. The van der Waals surface area contributed by atoms with E-state index in [1.807, 2.05) is 63.3 Å². The number of carbonyl (C=O) groups excluding carboxylic acids is 1. The lowest BCUT2D eigenvalue weighted by molar-refractivity contribution is 0.103. The van der Waals surface area contributed by atoms with Crippen LogP contribution in [0.25, 0.3) is 0 Å². The summed E-state index contributed by atoms with van der Waals surface area (Å²) < 4.78 is 0. The molecule has 1 nitrogen and oxygen atoms in total. The summed E-state index contributed by atoms with van der Waals surface area (Å²) in [6.07, 6.45) is 0.